The quantitative estimate of drug-likeness (QED) is 0.791. The van der Waals surface area contributed by atoms with Crippen LogP contribution in [0.1, 0.15) is 38.3 Å². The second kappa shape index (κ2) is 6.80. The highest BCUT2D eigenvalue weighted by Gasteiger charge is 2.53. The van der Waals surface area contributed by atoms with Gasteiger partial charge in [0.2, 0.25) is 0 Å². The predicted molar refractivity (Wildman–Crippen MR) is 92.7 cm³/mol. The zero-order valence-electron chi connectivity index (χ0n) is 14.6. The minimum absolute atomic E-state index is 0.184. The van der Waals surface area contributed by atoms with Gasteiger partial charge in [-0.2, -0.15) is 0 Å². The van der Waals surface area contributed by atoms with Crippen LogP contribution in [0.25, 0.3) is 0 Å². The summed E-state index contributed by atoms with van der Waals surface area (Å²) in [7, 11) is 2.18. The number of hydrogen-bond donors (Lipinski definition) is 2. The molecule has 0 spiro atoms. The molecule has 0 aromatic heterocycles. The fraction of sp³-hybridized carbons (Fsp3) is 0.684. The number of likely N-dealkylation sites (tertiary alicyclic amines) is 1. The summed E-state index contributed by atoms with van der Waals surface area (Å²) in [4.78, 5) is 2.39. The van der Waals surface area contributed by atoms with E-state index in [2.05, 4.69) is 55.4 Å². The summed E-state index contributed by atoms with van der Waals surface area (Å²) in [6, 6.07) is 8.82. The molecular formula is C19H30N2O2. The second-order valence-electron chi connectivity index (χ2n) is 7.46. The molecule has 0 bridgehead atoms. The van der Waals surface area contributed by atoms with Crippen LogP contribution in [0.3, 0.4) is 0 Å². The Hall–Kier alpha value is -1.10. The van der Waals surface area contributed by atoms with E-state index in [1.54, 1.807) is 0 Å². The van der Waals surface area contributed by atoms with Crippen LogP contribution in [0.5, 0.6) is 5.75 Å². The summed E-state index contributed by atoms with van der Waals surface area (Å²) < 4.78 is 5.76. The first-order chi connectivity index (χ1) is 11.1. The maximum Gasteiger partial charge on any atom is 0.119 e. The molecule has 2 N–H and O–H groups in total. The molecule has 23 heavy (non-hydrogen) atoms. The largest absolute Gasteiger partial charge is 0.494 e. The van der Waals surface area contributed by atoms with Gasteiger partial charge in [0, 0.05) is 24.7 Å². The van der Waals surface area contributed by atoms with Crippen molar-refractivity contribution >= 4 is 0 Å². The van der Waals surface area contributed by atoms with Gasteiger partial charge in [-0.25, -0.2) is 0 Å². The van der Waals surface area contributed by atoms with Crippen molar-refractivity contribution in [2.45, 2.75) is 38.3 Å². The van der Waals surface area contributed by atoms with E-state index >= 15 is 0 Å². The lowest BCUT2D eigenvalue weighted by Gasteiger charge is -2.30. The Labute approximate surface area is 139 Å². The van der Waals surface area contributed by atoms with Gasteiger partial charge in [-0.15, -0.1) is 0 Å². The van der Waals surface area contributed by atoms with Crippen LogP contribution in [0.2, 0.25) is 0 Å². The lowest BCUT2D eigenvalue weighted by molar-refractivity contribution is 0.145. The minimum atomic E-state index is -0.184. The molecule has 0 aliphatic carbocycles. The van der Waals surface area contributed by atoms with E-state index in [0.717, 1.165) is 38.3 Å². The highest BCUT2D eigenvalue weighted by Crippen LogP contribution is 2.46. The summed E-state index contributed by atoms with van der Waals surface area (Å²) in [5, 5.41) is 13.6. The highest BCUT2D eigenvalue weighted by atomic mass is 16.5. The predicted octanol–water partition coefficient (Wildman–Crippen LogP) is 2.44. The Balaban J connectivity index is 1.73. The van der Waals surface area contributed by atoms with Crippen LogP contribution in [0.4, 0.5) is 0 Å². The fourth-order valence-corrected chi connectivity index (χ4v) is 4.21. The summed E-state index contributed by atoms with van der Waals surface area (Å²) in [6.07, 6.45) is 2.25. The molecule has 0 unspecified atom stereocenters. The number of nitrogens with zero attached hydrogens (tertiary/aromatic N) is 1. The van der Waals surface area contributed by atoms with Gasteiger partial charge in [0.25, 0.3) is 0 Å². The van der Waals surface area contributed by atoms with E-state index in [1.165, 1.54) is 5.56 Å². The van der Waals surface area contributed by atoms with E-state index < -0.39 is 0 Å². The molecule has 2 aliphatic rings. The summed E-state index contributed by atoms with van der Waals surface area (Å²) in [6.45, 7) is 7.46. The van der Waals surface area contributed by atoms with Crippen LogP contribution in [0.15, 0.2) is 24.3 Å². The van der Waals surface area contributed by atoms with E-state index in [-0.39, 0.29) is 12.1 Å². The standard InChI is InChI=1S/C19H30N2O2/c1-4-5-10-23-15-8-6-14(7-9-15)18-16-11-21(3)12-17(16)19(2,13-22)20-18/h6-9,16-18,20,22H,4-5,10-13H2,1-3H3/t16-,17+,18-,19+/m0/s1. The molecule has 2 fully saturated rings. The average Bonchev–Trinajstić information content (AvgIpc) is 3.06. The molecule has 3 rings (SSSR count). The van der Waals surface area contributed by atoms with E-state index in [9.17, 15) is 5.11 Å². The third kappa shape index (κ3) is 3.25. The number of benzene rings is 1. The van der Waals surface area contributed by atoms with Crippen molar-refractivity contribution < 1.29 is 9.84 Å². The number of aliphatic hydroxyl groups excluding tert-OH is 1. The van der Waals surface area contributed by atoms with Crippen molar-refractivity contribution in [3.05, 3.63) is 29.8 Å². The number of hydrogen-bond acceptors (Lipinski definition) is 4. The Morgan fingerprint density at radius 1 is 1.30 bits per heavy atom. The van der Waals surface area contributed by atoms with Crippen molar-refractivity contribution in [3.63, 3.8) is 0 Å². The first-order valence-electron chi connectivity index (χ1n) is 8.87. The Morgan fingerprint density at radius 3 is 2.70 bits per heavy atom. The minimum Gasteiger partial charge on any atom is -0.494 e. The molecule has 0 saturated carbocycles. The zero-order valence-corrected chi connectivity index (χ0v) is 14.6. The molecule has 0 radical (unpaired) electrons. The molecule has 0 amide bonds. The van der Waals surface area contributed by atoms with Crippen LogP contribution < -0.4 is 10.1 Å². The first kappa shape index (κ1) is 16.7. The molecule has 4 atom stereocenters. The van der Waals surface area contributed by atoms with Crippen molar-refractivity contribution in [2.24, 2.45) is 11.8 Å². The number of ether oxygens (including phenoxy) is 1. The molecule has 2 heterocycles. The van der Waals surface area contributed by atoms with Crippen LogP contribution >= 0.6 is 0 Å². The smallest absolute Gasteiger partial charge is 0.119 e. The van der Waals surface area contributed by atoms with Gasteiger partial charge in [-0.05, 0) is 49.9 Å². The normalized spacial score (nSPS) is 33.8. The van der Waals surface area contributed by atoms with Gasteiger partial charge in [-0.3, -0.25) is 0 Å². The van der Waals surface area contributed by atoms with Crippen LogP contribution in [0, 0.1) is 11.8 Å². The summed E-state index contributed by atoms with van der Waals surface area (Å²) in [5.74, 6) is 2.01. The number of aliphatic hydroxyl groups is 1. The van der Waals surface area contributed by atoms with E-state index in [1.807, 2.05) is 0 Å². The average molecular weight is 318 g/mol. The number of nitrogens with one attached hydrogen (secondary N) is 1. The van der Waals surface area contributed by atoms with Gasteiger partial charge in [0.1, 0.15) is 5.75 Å². The number of rotatable bonds is 6. The van der Waals surface area contributed by atoms with Crippen molar-refractivity contribution in [1.82, 2.24) is 10.2 Å². The summed E-state index contributed by atoms with van der Waals surface area (Å²) >= 11 is 0. The molecule has 2 aliphatic heterocycles. The molecule has 1 aromatic rings. The maximum absolute atomic E-state index is 9.89. The first-order valence-corrected chi connectivity index (χ1v) is 8.87. The monoisotopic (exact) mass is 318 g/mol. The topological polar surface area (TPSA) is 44.7 Å². The molecule has 1 aromatic carbocycles. The SMILES string of the molecule is CCCCOc1ccc([C@@H]2N[C@](C)(CO)[C@@H]3CN(C)C[C@@H]32)cc1. The molecule has 4 heteroatoms. The summed E-state index contributed by atoms with van der Waals surface area (Å²) in [5.41, 5.74) is 1.12. The molecule has 128 valence electrons. The van der Waals surface area contributed by atoms with Crippen LogP contribution in [-0.2, 0) is 0 Å². The number of unbranched alkanes of at least 4 members (excludes halogenated alkanes) is 1. The van der Waals surface area contributed by atoms with Gasteiger partial charge >= 0.3 is 0 Å². The van der Waals surface area contributed by atoms with E-state index in [4.69, 9.17) is 4.74 Å². The van der Waals surface area contributed by atoms with E-state index in [0.29, 0.717) is 17.9 Å². The Morgan fingerprint density at radius 2 is 2.04 bits per heavy atom. The van der Waals surface area contributed by atoms with Gasteiger partial charge in [-0.1, -0.05) is 25.5 Å². The third-order valence-corrected chi connectivity index (χ3v) is 5.61. The van der Waals surface area contributed by atoms with Gasteiger partial charge < -0.3 is 20.1 Å². The fourth-order valence-electron chi connectivity index (χ4n) is 4.21. The molecule has 2 saturated heterocycles. The Bertz CT molecular complexity index is 519. The lowest BCUT2D eigenvalue weighted by atomic mass is 9.81. The van der Waals surface area contributed by atoms with Gasteiger partial charge in [0.15, 0.2) is 0 Å². The second-order valence-corrected chi connectivity index (χ2v) is 7.46. The maximum atomic E-state index is 9.89. The zero-order chi connectivity index (χ0) is 16.4. The van der Waals surface area contributed by atoms with Crippen LogP contribution in [-0.4, -0.2) is 48.9 Å². The van der Waals surface area contributed by atoms with Crippen molar-refractivity contribution in [2.75, 3.05) is 33.4 Å². The van der Waals surface area contributed by atoms with Crippen molar-refractivity contribution in [3.8, 4) is 5.75 Å². The molecular weight excluding hydrogens is 288 g/mol. The number of fused-ring (bicyclic) bond motifs is 1. The third-order valence-electron chi connectivity index (χ3n) is 5.61. The molecule has 4 nitrogen and oxygen atoms in total. The Kier molecular flexibility index (Phi) is 4.95. The lowest BCUT2D eigenvalue weighted by Crippen LogP contribution is -2.47. The highest BCUT2D eigenvalue weighted by molar-refractivity contribution is 5.32. The van der Waals surface area contributed by atoms with Crippen molar-refractivity contribution in [1.29, 1.82) is 0 Å². The van der Waals surface area contributed by atoms with Gasteiger partial charge in [0.05, 0.1) is 13.2 Å².